The van der Waals surface area contributed by atoms with Gasteiger partial charge in [0, 0.05) is 17.1 Å². The molecule has 9 heteroatoms. The molecule has 0 radical (unpaired) electrons. The maximum atomic E-state index is 11.7. The molecule has 3 heterocycles. The predicted octanol–water partition coefficient (Wildman–Crippen LogP) is 3.31. The summed E-state index contributed by atoms with van der Waals surface area (Å²) in [7, 11) is 0. The molecule has 0 spiro atoms. The van der Waals surface area contributed by atoms with E-state index in [1.807, 2.05) is 0 Å². The highest BCUT2D eigenvalue weighted by molar-refractivity contribution is 5.69. The van der Waals surface area contributed by atoms with Crippen LogP contribution in [0, 0.1) is 10.1 Å². The van der Waals surface area contributed by atoms with Crippen LogP contribution in [0.1, 0.15) is 46.3 Å². The molecule has 0 atom stereocenters. The molecule has 3 rings (SSSR count). The molecule has 2 aromatic heterocycles. The Hall–Kier alpha value is -2.68. The Labute approximate surface area is 158 Å². The number of piperidine rings is 1. The highest BCUT2D eigenvalue weighted by Crippen LogP contribution is 2.34. The van der Waals surface area contributed by atoms with Crippen molar-refractivity contribution in [2.45, 2.75) is 64.2 Å². The Kier molecular flexibility index (Phi) is 5.05. The minimum atomic E-state index is -0.454. The third kappa shape index (κ3) is 4.73. The van der Waals surface area contributed by atoms with Crippen molar-refractivity contribution in [1.29, 1.82) is 0 Å². The second-order valence-electron chi connectivity index (χ2n) is 8.25. The summed E-state index contributed by atoms with van der Waals surface area (Å²) in [5.41, 5.74) is -0.318. The third-order valence-corrected chi connectivity index (χ3v) is 4.55. The molecule has 0 bridgehead atoms. The largest absolute Gasteiger partial charge is 0.467 e. The molecule has 27 heavy (non-hydrogen) atoms. The van der Waals surface area contributed by atoms with Crippen LogP contribution in [0.25, 0.3) is 0 Å². The fourth-order valence-corrected chi connectivity index (χ4v) is 3.99. The lowest BCUT2D eigenvalue weighted by Gasteiger charge is -2.46. The summed E-state index contributed by atoms with van der Waals surface area (Å²) in [6.07, 6.45) is 4.54. The summed E-state index contributed by atoms with van der Waals surface area (Å²) < 4.78 is 5.25. The minimum absolute atomic E-state index is 0.0581. The van der Waals surface area contributed by atoms with E-state index in [0.717, 1.165) is 12.8 Å². The number of anilines is 2. The lowest BCUT2D eigenvalue weighted by atomic mass is 9.79. The first-order valence-electron chi connectivity index (χ1n) is 8.97. The molecule has 1 saturated heterocycles. The van der Waals surface area contributed by atoms with Crippen LogP contribution in [0.4, 0.5) is 17.3 Å². The Morgan fingerprint density at radius 3 is 2.52 bits per heavy atom. The predicted molar refractivity (Wildman–Crippen MR) is 103 cm³/mol. The van der Waals surface area contributed by atoms with Gasteiger partial charge in [-0.15, -0.1) is 0 Å². The summed E-state index contributed by atoms with van der Waals surface area (Å²) in [6.45, 7) is 8.83. The second kappa shape index (κ2) is 7.15. The van der Waals surface area contributed by atoms with Crippen molar-refractivity contribution in [1.82, 2.24) is 15.3 Å². The number of hydrogen-bond donors (Lipinski definition) is 3. The van der Waals surface area contributed by atoms with E-state index in [1.54, 1.807) is 18.4 Å². The molecular weight excluding hydrogens is 348 g/mol. The van der Waals surface area contributed by atoms with Crippen molar-refractivity contribution in [3.05, 3.63) is 40.6 Å². The number of nitrogens with one attached hydrogen (secondary N) is 3. The number of furan rings is 1. The third-order valence-electron chi connectivity index (χ3n) is 4.55. The standard InChI is InChI=1S/C18H26N6O3/c1-17(2)8-12(9-18(3,4)23-17)22-16-14(24(25)26)15(20-11-21-16)19-10-13-6-5-7-27-13/h5-7,11-12,23H,8-10H2,1-4H3,(H2,19,20,21,22). The summed E-state index contributed by atoms with van der Waals surface area (Å²) in [6, 6.07) is 3.61. The van der Waals surface area contributed by atoms with Gasteiger partial charge in [0.1, 0.15) is 12.1 Å². The fraction of sp³-hybridized carbons (Fsp3) is 0.556. The molecule has 0 aliphatic carbocycles. The van der Waals surface area contributed by atoms with E-state index in [1.165, 1.54) is 6.33 Å². The monoisotopic (exact) mass is 374 g/mol. The van der Waals surface area contributed by atoms with Gasteiger partial charge < -0.3 is 20.4 Å². The van der Waals surface area contributed by atoms with Gasteiger partial charge in [-0.25, -0.2) is 9.97 Å². The van der Waals surface area contributed by atoms with Gasteiger partial charge in [-0.1, -0.05) is 0 Å². The Morgan fingerprint density at radius 2 is 1.93 bits per heavy atom. The molecular formula is C18H26N6O3. The van der Waals surface area contributed by atoms with Crippen LogP contribution >= 0.6 is 0 Å². The van der Waals surface area contributed by atoms with Gasteiger partial charge in [-0.3, -0.25) is 10.1 Å². The van der Waals surface area contributed by atoms with E-state index >= 15 is 0 Å². The number of rotatable bonds is 6. The van der Waals surface area contributed by atoms with E-state index in [4.69, 9.17) is 4.42 Å². The molecule has 0 saturated carbocycles. The van der Waals surface area contributed by atoms with Crippen LogP contribution in [0.2, 0.25) is 0 Å². The van der Waals surface area contributed by atoms with Gasteiger partial charge in [-0.05, 0) is 52.7 Å². The molecule has 1 fully saturated rings. The number of aromatic nitrogens is 2. The van der Waals surface area contributed by atoms with E-state index in [2.05, 4.69) is 53.6 Å². The zero-order valence-corrected chi connectivity index (χ0v) is 16.1. The Balaban J connectivity index is 1.82. The molecule has 1 aliphatic heterocycles. The van der Waals surface area contributed by atoms with Crippen molar-refractivity contribution >= 4 is 17.3 Å². The van der Waals surface area contributed by atoms with E-state index in [0.29, 0.717) is 12.3 Å². The van der Waals surface area contributed by atoms with E-state index < -0.39 is 4.92 Å². The van der Waals surface area contributed by atoms with Crippen LogP contribution < -0.4 is 16.0 Å². The molecule has 9 nitrogen and oxygen atoms in total. The molecule has 0 amide bonds. The summed E-state index contributed by atoms with van der Waals surface area (Å²) >= 11 is 0. The van der Waals surface area contributed by atoms with Gasteiger partial charge in [0.15, 0.2) is 0 Å². The van der Waals surface area contributed by atoms with Gasteiger partial charge in [0.25, 0.3) is 0 Å². The van der Waals surface area contributed by atoms with Gasteiger partial charge >= 0.3 is 5.69 Å². The molecule has 146 valence electrons. The van der Waals surface area contributed by atoms with Gasteiger partial charge in [0.05, 0.1) is 17.7 Å². The molecule has 0 unspecified atom stereocenters. The van der Waals surface area contributed by atoms with Gasteiger partial charge in [0.2, 0.25) is 11.6 Å². The summed E-state index contributed by atoms with van der Waals surface area (Å²) in [5, 5.41) is 21.6. The lowest BCUT2D eigenvalue weighted by Crippen LogP contribution is -2.60. The quantitative estimate of drug-likeness (QED) is 0.520. The summed E-state index contributed by atoms with van der Waals surface area (Å²) in [4.78, 5) is 19.5. The van der Waals surface area contributed by atoms with Crippen molar-refractivity contribution in [3.8, 4) is 0 Å². The number of hydrogen-bond acceptors (Lipinski definition) is 8. The lowest BCUT2D eigenvalue weighted by molar-refractivity contribution is -0.383. The van der Waals surface area contributed by atoms with Crippen LogP contribution in [0.3, 0.4) is 0 Å². The van der Waals surface area contributed by atoms with Crippen LogP contribution in [0.5, 0.6) is 0 Å². The maximum Gasteiger partial charge on any atom is 0.353 e. The smallest absolute Gasteiger partial charge is 0.353 e. The van der Waals surface area contributed by atoms with Crippen LogP contribution in [-0.4, -0.2) is 32.0 Å². The average Bonchev–Trinajstić information content (AvgIpc) is 3.02. The summed E-state index contributed by atoms with van der Waals surface area (Å²) in [5.74, 6) is 1.07. The van der Waals surface area contributed by atoms with Crippen LogP contribution in [-0.2, 0) is 6.54 Å². The molecule has 0 aromatic carbocycles. The van der Waals surface area contributed by atoms with Crippen molar-refractivity contribution in [2.75, 3.05) is 10.6 Å². The highest BCUT2D eigenvalue weighted by atomic mass is 16.6. The Morgan fingerprint density at radius 1 is 1.26 bits per heavy atom. The van der Waals surface area contributed by atoms with Crippen LogP contribution in [0.15, 0.2) is 29.1 Å². The SMILES string of the molecule is CC1(C)CC(Nc2ncnc(NCc3ccco3)c2[N+](=O)[O-])CC(C)(C)N1. The number of nitrogens with zero attached hydrogens (tertiary/aromatic N) is 3. The van der Waals surface area contributed by atoms with Crippen molar-refractivity contribution in [2.24, 2.45) is 0 Å². The zero-order valence-electron chi connectivity index (χ0n) is 16.1. The van der Waals surface area contributed by atoms with E-state index in [-0.39, 0.29) is 34.4 Å². The second-order valence-corrected chi connectivity index (χ2v) is 8.25. The molecule has 1 aliphatic rings. The Bertz CT molecular complexity index is 787. The first-order valence-corrected chi connectivity index (χ1v) is 8.97. The fourth-order valence-electron chi connectivity index (χ4n) is 3.99. The average molecular weight is 374 g/mol. The minimum Gasteiger partial charge on any atom is -0.467 e. The van der Waals surface area contributed by atoms with Crippen molar-refractivity contribution < 1.29 is 9.34 Å². The van der Waals surface area contributed by atoms with E-state index in [9.17, 15) is 10.1 Å². The first-order chi connectivity index (χ1) is 12.7. The first kappa shape index (κ1) is 19.1. The van der Waals surface area contributed by atoms with Gasteiger partial charge in [-0.2, -0.15) is 0 Å². The zero-order chi connectivity index (χ0) is 19.7. The van der Waals surface area contributed by atoms with Crippen molar-refractivity contribution in [3.63, 3.8) is 0 Å². The highest BCUT2D eigenvalue weighted by Gasteiger charge is 2.38. The maximum absolute atomic E-state index is 11.7. The number of nitro groups is 1. The normalized spacial score (nSPS) is 18.8. The topological polar surface area (TPSA) is 118 Å². The molecule has 3 N–H and O–H groups in total. The molecule has 2 aromatic rings.